The van der Waals surface area contributed by atoms with Gasteiger partial charge >= 0.3 is 0 Å². The highest BCUT2D eigenvalue weighted by Crippen LogP contribution is 2.30. The standard InChI is InChI=1S/C16H25N3O2/c1-3-17-15(19-12-16(20)9-6-10-16)18-11-13-7-4-5-8-14(13)21-2/h4-5,7-8,20H,3,6,9-12H2,1-2H3,(H2,17,18,19). The van der Waals surface area contributed by atoms with Crippen molar-refractivity contribution in [2.75, 3.05) is 20.2 Å². The third-order valence-corrected chi connectivity index (χ3v) is 3.81. The molecule has 1 fully saturated rings. The molecule has 116 valence electrons. The Labute approximate surface area is 126 Å². The number of hydrogen-bond acceptors (Lipinski definition) is 3. The van der Waals surface area contributed by atoms with E-state index in [0.29, 0.717) is 13.1 Å². The van der Waals surface area contributed by atoms with E-state index in [4.69, 9.17) is 4.74 Å². The minimum Gasteiger partial charge on any atom is -0.496 e. The van der Waals surface area contributed by atoms with Gasteiger partial charge in [0.1, 0.15) is 5.75 Å². The molecule has 0 bridgehead atoms. The van der Waals surface area contributed by atoms with E-state index in [1.807, 2.05) is 31.2 Å². The largest absolute Gasteiger partial charge is 0.496 e. The molecule has 0 radical (unpaired) electrons. The molecule has 2 rings (SSSR count). The molecule has 1 saturated carbocycles. The van der Waals surface area contributed by atoms with Crippen molar-refractivity contribution in [3.8, 4) is 5.75 Å². The second-order valence-corrected chi connectivity index (χ2v) is 5.44. The summed E-state index contributed by atoms with van der Waals surface area (Å²) in [5, 5.41) is 16.5. The molecule has 0 saturated heterocycles. The van der Waals surface area contributed by atoms with Crippen LogP contribution in [0.3, 0.4) is 0 Å². The monoisotopic (exact) mass is 291 g/mol. The van der Waals surface area contributed by atoms with Crippen molar-refractivity contribution >= 4 is 5.96 Å². The summed E-state index contributed by atoms with van der Waals surface area (Å²) in [6, 6.07) is 7.86. The van der Waals surface area contributed by atoms with E-state index in [-0.39, 0.29) is 0 Å². The van der Waals surface area contributed by atoms with Gasteiger partial charge in [0.25, 0.3) is 0 Å². The van der Waals surface area contributed by atoms with E-state index in [0.717, 1.165) is 43.1 Å². The lowest BCUT2D eigenvalue weighted by atomic mass is 9.80. The summed E-state index contributed by atoms with van der Waals surface area (Å²) in [6.45, 7) is 3.90. The fourth-order valence-corrected chi connectivity index (χ4v) is 2.35. The molecule has 0 amide bonds. The van der Waals surface area contributed by atoms with Gasteiger partial charge in [-0.05, 0) is 32.3 Å². The Kier molecular flexibility index (Phi) is 5.44. The Bertz CT molecular complexity index is 484. The van der Waals surface area contributed by atoms with Crippen LogP contribution >= 0.6 is 0 Å². The van der Waals surface area contributed by atoms with Gasteiger partial charge in [0.15, 0.2) is 5.96 Å². The zero-order chi connectivity index (χ0) is 15.1. The van der Waals surface area contributed by atoms with Gasteiger partial charge in [0.2, 0.25) is 0 Å². The number of methoxy groups -OCH3 is 1. The summed E-state index contributed by atoms with van der Waals surface area (Å²) >= 11 is 0. The molecule has 0 aliphatic heterocycles. The van der Waals surface area contributed by atoms with Crippen LogP contribution in [0.5, 0.6) is 5.75 Å². The molecule has 21 heavy (non-hydrogen) atoms. The van der Waals surface area contributed by atoms with Crippen molar-refractivity contribution in [3.05, 3.63) is 29.8 Å². The Balaban J connectivity index is 1.96. The van der Waals surface area contributed by atoms with Crippen molar-refractivity contribution in [2.45, 2.75) is 38.3 Å². The number of nitrogens with one attached hydrogen (secondary N) is 2. The van der Waals surface area contributed by atoms with Crippen LogP contribution in [0.4, 0.5) is 0 Å². The normalized spacial score (nSPS) is 17.0. The van der Waals surface area contributed by atoms with Crippen molar-refractivity contribution < 1.29 is 9.84 Å². The first-order chi connectivity index (χ1) is 10.2. The van der Waals surface area contributed by atoms with E-state index in [2.05, 4.69) is 15.6 Å². The number of nitrogens with zero attached hydrogens (tertiary/aromatic N) is 1. The van der Waals surface area contributed by atoms with E-state index < -0.39 is 5.60 Å². The summed E-state index contributed by atoms with van der Waals surface area (Å²) in [6.07, 6.45) is 2.84. The van der Waals surface area contributed by atoms with Crippen molar-refractivity contribution in [1.82, 2.24) is 10.6 Å². The van der Waals surface area contributed by atoms with Crippen LogP contribution in [0, 0.1) is 0 Å². The molecule has 1 aliphatic rings. The molecule has 0 atom stereocenters. The highest BCUT2D eigenvalue weighted by Gasteiger charge is 2.34. The van der Waals surface area contributed by atoms with E-state index >= 15 is 0 Å². The number of para-hydroxylation sites is 1. The van der Waals surface area contributed by atoms with Gasteiger partial charge in [-0.15, -0.1) is 0 Å². The van der Waals surface area contributed by atoms with Crippen molar-refractivity contribution in [3.63, 3.8) is 0 Å². The minimum atomic E-state index is -0.555. The van der Waals surface area contributed by atoms with E-state index in [9.17, 15) is 5.11 Å². The second kappa shape index (κ2) is 7.31. The average Bonchev–Trinajstić information content (AvgIpc) is 2.48. The Morgan fingerprint density at radius 3 is 2.71 bits per heavy atom. The molecule has 0 spiro atoms. The summed E-state index contributed by atoms with van der Waals surface area (Å²) in [5.41, 5.74) is 0.486. The number of rotatable bonds is 6. The highest BCUT2D eigenvalue weighted by molar-refractivity contribution is 5.79. The number of hydrogen-bond donors (Lipinski definition) is 3. The molecular formula is C16H25N3O2. The van der Waals surface area contributed by atoms with Gasteiger partial charge in [0, 0.05) is 18.7 Å². The molecule has 0 heterocycles. The number of ether oxygens (including phenoxy) is 1. The quantitative estimate of drug-likeness (QED) is 0.551. The van der Waals surface area contributed by atoms with Crippen molar-refractivity contribution in [2.24, 2.45) is 4.99 Å². The summed E-state index contributed by atoms with van der Waals surface area (Å²) in [7, 11) is 1.66. The molecule has 5 nitrogen and oxygen atoms in total. The molecule has 3 N–H and O–H groups in total. The minimum absolute atomic E-state index is 0.539. The summed E-state index contributed by atoms with van der Waals surface area (Å²) in [5.74, 6) is 1.57. The van der Waals surface area contributed by atoms with Gasteiger partial charge in [-0.3, -0.25) is 0 Å². The molecule has 5 heteroatoms. The number of guanidine groups is 1. The maximum absolute atomic E-state index is 10.1. The average molecular weight is 291 g/mol. The molecule has 1 aromatic rings. The van der Waals surface area contributed by atoms with Crippen LogP contribution in [-0.4, -0.2) is 36.9 Å². The lowest BCUT2D eigenvalue weighted by Crippen LogP contribution is -2.50. The zero-order valence-corrected chi connectivity index (χ0v) is 12.9. The van der Waals surface area contributed by atoms with E-state index in [1.165, 1.54) is 0 Å². The lowest BCUT2D eigenvalue weighted by molar-refractivity contribution is -0.0279. The van der Waals surface area contributed by atoms with Gasteiger partial charge in [0.05, 0.1) is 19.3 Å². The number of aliphatic hydroxyl groups is 1. The van der Waals surface area contributed by atoms with Crippen molar-refractivity contribution in [1.29, 1.82) is 0 Å². The number of benzene rings is 1. The van der Waals surface area contributed by atoms with Gasteiger partial charge in [-0.2, -0.15) is 0 Å². The zero-order valence-electron chi connectivity index (χ0n) is 12.9. The second-order valence-electron chi connectivity index (χ2n) is 5.44. The van der Waals surface area contributed by atoms with E-state index in [1.54, 1.807) is 7.11 Å². The first-order valence-electron chi connectivity index (χ1n) is 7.53. The maximum atomic E-state index is 10.1. The van der Waals surface area contributed by atoms with Crippen LogP contribution in [0.15, 0.2) is 29.3 Å². The molecule has 1 aliphatic carbocycles. The first kappa shape index (κ1) is 15.6. The fourth-order valence-electron chi connectivity index (χ4n) is 2.35. The molecule has 1 aromatic carbocycles. The Morgan fingerprint density at radius 2 is 2.10 bits per heavy atom. The summed E-state index contributed by atoms with van der Waals surface area (Å²) in [4.78, 5) is 4.56. The number of aliphatic imine (C=N–C) groups is 1. The fraction of sp³-hybridized carbons (Fsp3) is 0.562. The lowest BCUT2D eigenvalue weighted by Gasteiger charge is -2.37. The van der Waals surface area contributed by atoms with Gasteiger partial charge < -0.3 is 20.5 Å². The van der Waals surface area contributed by atoms with Gasteiger partial charge in [-0.1, -0.05) is 18.2 Å². The Hall–Kier alpha value is -1.75. The molecule has 0 unspecified atom stereocenters. The van der Waals surface area contributed by atoms with Gasteiger partial charge in [-0.25, -0.2) is 4.99 Å². The third-order valence-electron chi connectivity index (χ3n) is 3.81. The van der Waals surface area contributed by atoms with Crippen LogP contribution < -0.4 is 15.4 Å². The molecule has 0 aromatic heterocycles. The van der Waals surface area contributed by atoms with Crippen LogP contribution in [0.25, 0.3) is 0 Å². The van der Waals surface area contributed by atoms with Crippen LogP contribution in [-0.2, 0) is 6.54 Å². The first-order valence-corrected chi connectivity index (χ1v) is 7.53. The van der Waals surface area contributed by atoms with Crippen LogP contribution in [0.2, 0.25) is 0 Å². The SMILES string of the molecule is CCNC(=NCc1ccccc1OC)NCC1(O)CCC1. The van der Waals surface area contributed by atoms with Crippen LogP contribution in [0.1, 0.15) is 31.7 Å². The maximum Gasteiger partial charge on any atom is 0.191 e. The molecular weight excluding hydrogens is 266 g/mol. The smallest absolute Gasteiger partial charge is 0.191 e. The topological polar surface area (TPSA) is 65.9 Å². The highest BCUT2D eigenvalue weighted by atomic mass is 16.5. The summed E-state index contributed by atoms with van der Waals surface area (Å²) < 4.78 is 5.33. The Morgan fingerprint density at radius 1 is 1.33 bits per heavy atom. The third kappa shape index (κ3) is 4.36. The predicted molar refractivity (Wildman–Crippen MR) is 84.6 cm³/mol. The predicted octanol–water partition coefficient (Wildman–Crippen LogP) is 1.67.